The van der Waals surface area contributed by atoms with E-state index >= 15 is 0 Å². The number of piperazine rings is 1. The first-order valence-corrected chi connectivity index (χ1v) is 15.1. The molecule has 2 fully saturated rings. The highest BCUT2D eigenvalue weighted by molar-refractivity contribution is 5.72. The standard InChI is InChI=1S/C32H49N7O/c1-8-9-29(39-20-23(2)34-24(3)21-39)31-35-28-18-25(19-33-30(28)37(31)6)22-38-16-14-32(15-17-38,36(4)5)26-10-12-27(40-7)13-11-26/h10-13,18-19,23-24,29,34H,8-9,14-17,20-22H2,1-7H3/t23-,24+,29-/m0/s1. The molecule has 1 aromatic carbocycles. The highest BCUT2D eigenvalue weighted by Crippen LogP contribution is 2.38. The number of methoxy groups -OCH3 is 1. The number of hydrogen-bond acceptors (Lipinski definition) is 7. The fourth-order valence-corrected chi connectivity index (χ4v) is 7.13. The summed E-state index contributed by atoms with van der Waals surface area (Å²) in [5, 5.41) is 3.68. The van der Waals surface area contributed by atoms with Crippen LogP contribution in [0.15, 0.2) is 36.5 Å². The van der Waals surface area contributed by atoms with Gasteiger partial charge in [0.1, 0.15) is 17.1 Å². The number of piperidine rings is 1. The van der Waals surface area contributed by atoms with Crippen LogP contribution in [0.3, 0.4) is 0 Å². The molecule has 218 valence electrons. The average molecular weight is 548 g/mol. The molecule has 0 aliphatic carbocycles. The number of nitrogens with one attached hydrogen (secondary N) is 1. The number of benzene rings is 1. The maximum atomic E-state index is 5.40. The lowest BCUT2D eigenvalue weighted by atomic mass is 9.79. The van der Waals surface area contributed by atoms with Gasteiger partial charge in [0.2, 0.25) is 0 Å². The van der Waals surface area contributed by atoms with E-state index in [1.807, 2.05) is 0 Å². The summed E-state index contributed by atoms with van der Waals surface area (Å²) >= 11 is 0. The first kappa shape index (κ1) is 29.0. The van der Waals surface area contributed by atoms with E-state index in [1.165, 1.54) is 11.1 Å². The van der Waals surface area contributed by atoms with E-state index < -0.39 is 0 Å². The van der Waals surface area contributed by atoms with Gasteiger partial charge in [-0.3, -0.25) is 14.7 Å². The van der Waals surface area contributed by atoms with E-state index in [0.29, 0.717) is 18.1 Å². The van der Waals surface area contributed by atoms with Crippen molar-refractivity contribution in [1.82, 2.24) is 34.6 Å². The van der Waals surface area contributed by atoms with Crippen LogP contribution in [0.5, 0.6) is 5.75 Å². The largest absolute Gasteiger partial charge is 0.497 e. The van der Waals surface area contributed by atoms with E-state index in [2.05, 4.69) is 103 Å². The molecule has 0 unspecified atom stereocenters. The molecular formula is C32H49N7O. The van der Waals surface area contributed by atoms with Crippen LogP contribution in [-0.4, -0.2) is 88.7 Å². The number of nitrogens with zero attached hydrogens (tertiary/aromatic N) is 6. The summed E-state index contributed by atoms with van der Waals surface area (Å²) in [7, 11) is 8.29. The van der Waals surface area contributed by atoms with Crippen molar-refractivity contribution in [2.75, 3.05) is 47.4 Å². The molecule has 40 heavy (non-hydrogen) atoms. The van der Waals surface area contributed by atoms with Crippen LogP contribution < -0.4 is 10.1 Å². The Kier molecular flexibility index (Phi) is 8.80. The molecule has 0 bridgehead atoms. The van der Waals surface area contributed by atoms with Crippen molar-refractivity contribution in [3.05, 3.63) is 53.5 Å². The molecule has 0 radical (unpaired) electrons. The van der Waals surface area contributed by atoms with Crippen LogP contribution >= 0.6 is 0 Å². The molecule has 0 saturated carbocycles. The van der Waals surface area contributed by atoms with Crippen molar-refractivity contribution < 1.29 is 4.74 Å². The van der Waals surface area contributed by atoms with Crippen LogP contribution in [0.25, 0.3) is 11.2 Å². The zero-order valence-corrected chi connectivity index (χ0v) is 25.7. The molecule has 8 heteroatoms. The van der Waals surface area contributed by atoms with Crippen molar-refractivity contribution in [3.63, 3.8) is 0 Å². The third-order valence-corrected chi connectivity index (χ3v) is 9.26. The molecule has 4 heterocycles. The lowest BCUT2D eigenvalue weighted by molar-refractivity contribution is 0.0507. The minimum Gasteiger partial charge on any atom is -0.497 e. The lowest BCUT2D eigenvalue weighted by Crippen LogP contribution is -2.55. The molecule has 2 saturated heterocycles. The molecule has 3 atom stereocenters. The van der Waals surface area contributed by atoms with Crippen molar-refractivity contribution in [1.29, 1.82) is 0 Å². The van der Waals surface area contributed by atoms with Crippen LogP contribution in [0.1, 0.15) is 69.4 Å². The Morgan fingerprint density at radius 1 is 1.10 bits per heavy atom. The Labute approximate surface area is 240 Å². The predicted molar refractivity (Wildman–Crippen MR) is 163 cm³/mol. The second-order valence-electron chi connectivity index (χ2n) is 12.4. The second-order valence-corrected chi connectivity index (χ2v) is 12.4. The molecule has 5 rings (SSSR count). The van der Waals surface area contributed by atoms with Crippen LogP contribution in [0.4, 0.5) is 0 Å². The number of fused-ring (bicyclic) bond motifs is 1. The highest BCUT2D eigenvalue weighted by Gasteiger charge is 2.38. The van der Waals surface area contributed by atoms with Crippen molar-refractivity contribution in [3.8, 4) is 5.75 Å². The zero-order chi connectivity index (χ0) is 28.4. The van der Waals surface area contributed by atoms with Gasteiger partial charge in [-0.1, -0.05) is 25.5 Å². The maximum absolute atomic E-state index is 5.40. The minimum absolute atomic E-state index is 0.0497. The number of hydrogen-bond donors (Lipinski definition) is 1. The van der Waals surface area contributed by atoms with Gasteiger partial charge in [0.25, 0.3) is 0 Å². The van der Waals surface area contributed by atoms with Crippen LogP contribution in [-0.2, 0) is 19.1 Å². The number of pyridine rings is 1. The van der Waals surface area contributed by atoms with E-state index in [4.69, 9.17) is 14.7 Å². The van der Waals surface area contributed by atoms with Gasteiger partial charge in [-0.2, -0.15) is 0 Å². The third-order valence-electron chi connectivity index (χ3n) is 9.26. The van der Waals surface area contributed by atoms with Gasteiger partial charge in [-0.05, 0) is 76.5 Å². The monoisotopic (exact) mass is 547 g/mol. The Morgan fingerprint density at radius 2 is 1.77 bits per heavy atom. The van der Waals surface area contributed by atoms with Gasteiger partial charge in [0, 0.05) is 63.6 Å². The molecule has 2 aliphatic rings. The molecule has 2 aliphatic heterocycles. The third kappa shape index (κ3) is 5.77. The Bertz CT molecular complexity index is 1250. The second kappa shape index (κ2) is 12.1. The summed E-state index contributed by atoms with van der Waals surface area (Å²) in [5.41, 5.74) is 4.67. The van der Waals surface area contributed by atoms with E-state index in [-0.39, 0.29) is 5.54 Å². The number of aromatic nitrogens is 3. The van der Waals surface area contributed by atoms with Gasteiger partial charge in [-0.25, -0.2) is 9.97 Å². The van der Waals surface area contributed by atoms with E-state index in [1.54, 1.807) is 7.11 Å². The van der Waals surface area contributed by atoms with Gasteiger partial charge < -0.3 is 14.6 Å². The van der Waals surface area contributed by atoms with Gasteiger partial charge in [-0.15, -0.1) is 0 Å². The molecule has 8 nitrogen and oxygen atoms in total. The molecule has 0 amide bonds. The Hall–Kier alpha value is -2.52. The van der Waals surface area contributed by atoms with E-state index in [9.17, 15) is 0 Å². The van der Waals surface area contributed by atoms with Crippen molar-refractivity contribution in [2.24, 2.45) is 7.05 Å². The SMILES string of the molecule is CCC[C@@H](c1nc2cc(CN3CCC(c4ccc(OC)cc4)(N(C)C)CC3)cnc2n1C)N1C[C@@H](C)N[C@@H](C)C1. The normalized spacial score (nSPS) is 23.1. The summed E-state index contributed by atoms with van der Waals surface area (Å²) < 4.78 is 7.63. The fourth-order valence-electron chi connectivity index (χ4n) is 7.13. The fraction of sp³-hybridized carbons (Fsp3) is 0.625. The summed E-state index contributed by atoms with van der Waals surface area (Å²) in [6, 6.07) is 12.2. The Morgan fingerprint density at radius 3 is 2.38 bits per heavy atom. The van der Waals surface area contributed by atoms with E-state index in [0.717, 1.165) is 81.1 Å². The average Bonchev–Trinajstić information content (AvgIpc) is 3.26. The first-order chi connectivity index (χ1) is 19.2. The Balaban J connectivity index is 1.31. The quantitative estimate of drug-likeness (QED) is 0.422. The summed E-state index contributed by atoms with van der Waals surface area (Å²) in [6.07, 6.45) is 6.50. The highest BCUT2D eigenvalue weighted by atomic mass is 16.5. The number of imidazole rings is 1. The smallest absolute Gasteiger partial charge is 0.159 e. The summed E-state index contributed by atoms with van der Waals surface area (Å²) in [6.45, 7) is 12.0. The number of aryl methyl sites for hydroxylation is 1. The first-order valence-electron chi connectivity index (χ1n) is 15.1. The number of rotatable bonds is 9. The lowest BCUT2D eigenvalue weighted by Gasteiger charge is -2.46. The predicted octanol–water partition coefficient (Wildman–Crippen LogP) is 4.55. The minimum atomic E-state index is 0.0497. The summed E-state index contributed by atoms with van der Waals surface area (Å²) in [5.74, 6) is 2.06. The van der Waals surface area contributed by atoms with Crippen molar-refractivity contribution >= 4 is 11.2 Å². The molecular weight excluding hydrogens is 498 g/mol. The van der Waals surface area contributed by atoms with Gasteiger partial charge in [0.05, 0.1) is 13.2 Å². The molecule has 3 aromatic rings. The van der Waals surface area contributed by atoms with Gasteiger partial charge >= 0.3 is 0 Å². The summed E-state index contributed by atoms with van der Waals surface area (Å²) in [4.78, 5) is 17.7. The number of ether oxygens (including phenoxy) is 1. The van der Waals surface area contributed by atoms with Gasteiger partial charge in [0.15, 0.2) is 5.65 Å². The molecule has 2 aromatic heterocycles. The zero-order valence-electron chi connectivity index (χ0n) is 25.7. The topological polar surface area (TPSA) is 61.7 Å². The van der Waals surface area contributed by atoms with Crippen molar-refractivity contribution in [2.45, 2.75) is 76.7 Å². The van der Waals surface area contributed by atoms with Crippen LogP contribution in [0, 0.1) is 0 Å². The van der Waals surface area contributed by atoms with Crippen LogP contribution in [0.2, 0.25) is 0 Å². The maximum Gasteiger partial charge on any atom is 0.159 e. The molecule has 0 spiro atoms. The molecule has 1 N–H and O–H groups in total. The number of likely N-dealkylation sites (tertiary alicyclic amines) is 1.